The highest BCUT2D eigenvalue weighted by Crippen LogP contribution is 2.28. The molecule has 0 amide bonds. The zero-order valence-corrected chi connectivity index (χ0v) is 41.6. The first-order chi connectivity index (χ1) is 27.5. The van der Waals surface area contributed by atoms with Crippen LogP contribution in [-0.2, 0) is 12.8 Å². The fourth-order valence-electron chi connectivity index (χ4n) is 5.96. The van der Waals surface area contributed by atoms with Crippen LogP contribution in [0.4, 0.5) is 0 Å². The summed E-state index contributed by atoms with van der Waals surface area (Å²) in [5.74, 6) is 6.21. The number of para-hydroxylation sites is 2. The van der Waals surface area contributed by atoms with Crippen LogP contribution in [0.15, 0.2) is 97.1 Å². The summed E-state index contributed by atoms with van der Waals surface area (Å²) in [6, 6.07) is 31.9. The molecule has 60 heavy (non-hydrogen) atoms. The monoisotopic (exact) mass is 1050 g/mol. The molecule has 0 unspecified atom stereocenters. The second-order valence-corrected chi connectivity index (χ2v) is 13.6. The van der Waals surface area contributed by atoms with Crippen LogP contribution < -0.4 is 34.2 Å². The summed E-state index contributed by atoms with van der Waals surface area (Å²) in [7, 11) is 6.61. The molecule has 0 atom stereocenters. The van der Waals surface area contributed by atoms with Gasteiger partial charge in [-0.05, 0) is 79.0 Å². The third-order valence-electron chi connectivity index (χ3n) is 9.15. The number of nitrogens with two attached hydrogens (primary N) is 1. The highest BCUT2D eigenvalue weighted by molar-refractivity contribution is 14.0. The Bertz CT molecular complexity index is 1600. The number of ether oxygens (including phenoxy) is 6. The summed E-state index contributed by atoms with van der Waals surface area (Å²) in [6.07, 6.45) is 1.89. The number of hydrogen-bond donors (Lipinski definition) is 1. The maximum atomic E-state index is 5.80. The molecule has 4 aromatic carbocycles. The number of benzene rings is 4. The smallest absolute Gasteiger partial charge is 0.160 e. The minimum atomic E-state index is 0. The summed E-state index contributed by atoms with van der Waals surface area (Å²) in [5, 5.41) is 0. The molecule has 1 aliphatic heterocycles. The normalized spacial score (nSPS) is 11.9. The minimum Gasteiger partial charge on any atom is -0.493 e. The zero-order valence-electron chi connectivity index (χ0n) is 35.3. The lowest BCUT2D eigenvalue weighted by molar-refractivity contribution is 0.118. The molecule has 0 radical (unpaired) electrons. The molecule has 0 aliphatic carbocycles. The lowest BCUT2D eigenvalue weighted by atomic mass is 10.1. The number of nitrogens with zero attached hydrogens (tertiary/aromatic N) is 3. The van der Waals surface area contributed by atoms with E-state index in [-0.39, 0.29) is 61.2 Å². The Hall–Kier alpha value is -2.30. The first-order valence-electron chi connectivity index (χ1n) is 19.2. The molecule has 1 heterocycles. The standard InChI is InChI=1S/C22H30N2O3.C12H17Cl2NO.C10H15NO2.3ClH.HI/c1-25-21-9-8-19(18-22(21)26-2)10-11-23-12-14-24(15-13-23)16-17-27-20-6-4-3-5-7-20;13-6-8-15(9-7-14)10-11-16-12-4-2-1-3-5-12;1-12-9-4-3-8(5-6-11)7-10(9)13-2;;;;/h3-9,18H,10-17H2,1-2H3;1-5H,6-11H2;3-4,7H,5-6,11H2,1-2H3;4*1H. The van der Waals surface area contributed by atoms with Crippen LogP contribution >= 0.6 is 84.4 Å². The van der Waals surface area contributed by atoms with Gasteiger partial charge in [0, 0.05) is 70.7 Å². The van der Waals surface area contributed by atoms with Gasteiger partial charge in [-0.2, -0.15) is 0 Å². The van der Waals surface area contributed by atoms with Gasteiger partial charge in [-0.1, -0.05) is 48.5 Å². The van der Waals surface area contributed by atoms with Gasteiger partial charge in [0.15, 0.2) is 23.0 Å². The number of hydrogen-bond acceptors (Lipinski definition) is 10. The van der Waals surface area contributed by atoms with E-state index in [2.05, 4.69) is 26.8 Å². The topological polar surface area (TPSA) is 91.1 Å². The summed E-state index contributed by atoms with van der Waals surface area (Å²) in [6.45, 7) is 11.1. The van der Waals surface area contributed by atoms with E-state index < -0.39 is 0 Å². The second kappa shape index (κ2) is 37.3. The Kier molecular flexibility index (Phi) is 37.1. The Labute approximate surface area is 404 Å². The fraction of sp³-hybridized carbons (Fsp3) is 0.455. The molecule has 1 aliphatic rings. The SMILES string of the molecule is COc1ccc(CCN)cc1OC.COc1ccc(CCN2CCN(CCOc3ccccc3)CC2)cc1OC.Cl.Cl.Cl.ClCCN(CCCl)CCOc1ccccc1.I. The number of piperazine rings is 1. The highest BCUT2D eigenvalue weighted by atomic mass is 127. The van der Waals surface area contributed by atoms with Crippen molar-refractivity contribution in [2.75, 3.05) is 119 Å². The van der Waals surface area contributed by atoms with E-state index in [0.29, 0.717) is 24.9 Å². The van der Waals surface area contributed by atoms with E-state index in [1.54, 1.807) is 28.4 Å². The highest BCUT2D eigenvalue weighted by Gasteiger charge is 2.17. The van der Waals surface area contributed by atoms with Crippen molar-refractivity contribution < 1.29 is 28.4 Å². The molecule has 1 saturated heterocycles. The van der Waals surface area contributed by atoms with Gasteiger partial charge >= 0.3 is 0 Å². The van der Waals surface area contributed by atoms with E-state index >= 15 is 0 Å². The molecule has 340 valence electrons. The predicted octanol–water partition coefficient (Wildman–Crippen LogP) is 8.88. The van der Waals surface area contributed by atoms with Gasteiger partial charge in [-0.25, -0.2) is 0 Å². The van der Waals surface area contributed by atoms with E-state index in [1.807, 2.05) is 84.9 Å². The molecule has 0 saturated carbocycles. The molecule has 5 rings (SSSR count). The van der Waals surface area contributed by atoms with Gasteiger partial charge in [0.25, 0.3) is 0 Å². The van der Waals surface area contributed by atoms with E-state index in [1.165, 1.54) is 11.1 Å². The maximum absolute atomic E-state index is 5.80. The lowest BCUT2D eigenvalue weighted by Crippen LogP contribution is -2.47. The van der Waals surface area contributed by atoms with Crippen molar-refractivity contribution in [2.24, 2.45) is 5.73 Å². The Morgan fingerprint density at radius 1 is 0.533 bits per heavy atom. The van der Waals surface area contributed by atoms with Gasteiger partial charge in [0.2, 0.25) is 0 Å². The molecule has 10 nitrogen and oxygen atoms in total. The Balaban J connectivity index is 0. The summed E-state index contributed by atoms with van der Waals surface area (Å²) in [4.78, 5) is 7.21. The van der Waals surface area contributed by atoms with Crippen molar-refractivity contribution in [1.82, 2.24) is 14.7 Å². The van der Waals surface area contributed by atoms with Crippen LogP contribution in [-0.4, -0.2) is 134 Å². The van der Waals surface area contributed by atoms with Crippen LogP contribution in [0.5, 0.6) is 34.5 Å². The van der Waals surface area contributed by atoms with E-state index in [0.717, 1.165) is 113 Å². The van der Waals surface area contributed by atoms with Gasteiger partial charge in [-0.3, -0.25) is 9.80 Å². The van der Waals surface area contributed by atoms with Crippen LogP contribution in [0.2, 0.25) is 0 Å². The largest absolute Gasteiger partial charge is 0.493 e. The molecule has 4 aromatic rings. The molecular weight excluding hydrogens is 985 g/mol. The second-order valence-electron chi connectivity index (χ2n) is 12.9. The zero-order chi connectivity index (χ0) is 40.2. The number of methoxy groups -OCH3 is 4. The molecule has 0 spiro atoms. The molecule has 2 N–H and O–H groups in total. The average Bonchev–Trinajstić information content (AvgIpc) is 3.24. The van der Waals surface area contributed by atoms with Gasteiger partial charge in [0.05, 0.1) is 28.4 Å². The first-order valence-corrected chi connectivity index (χ1v) is 20.3. The summed E-state index contributed by atoms with van der Waals surface area (Å²) in [5.41, 5.74) is 7.90. The van der Waals surface area contributed by atoms with Crippen molar-refractivity contribution in [3.63, 3.8) is 0 Å². The number of rotatable bonds is 21. The number of alkyl halides is 2. The maximum Gasteiger partial charge on any atom is 0.160 e. The predicted molar refractivity (Wildman–Crippen MR) is 267 cm³/mol. The third kappa shape index (κ3) is 23.8. The minimum absolute atomic E-state index is 0. The molecule has 0 aromatic heterocycles. The van der Waals surface area contributed by atoms with E-state index in [9.17, 15) is 0 Å². The fourth-order valence-corrected chi connectivity index (χ4v) is 6.43. The van der Waals surface area contributed by atoms with Crippen molar-refractivity contribution in [3.05, 3.63) is 108 Å². The Morgan fingerprint density at radius 2 is 0.950 bits per heavy atom. The van der Waals surface area contributed by atoms with Crippen molar-refractivity contribution in [1.29, 1.82) is 0 Å². The molecule has 0 bridgehead atoms. The van der Waals surface area contributed by atoms with Gasteiger partial charge in [0.1, 0.15) is 24.7 Å². The number of halogens is 6. The van der Waals surface area contributed by atoms with Gasteiger partial charge < -0.3 is 39.1 Å². The summed E-state index contributed by atoms with van der Waals surface area (Å²) >= 11 is 11.4. The van der Waals surface area contributed by atoms with E-state index in [4.69, 9.17) is 57.4 Å². The molecule has 16 heteroatoms. The Morgan fingerprint density at radius 3 is 1.37 bits per heavy atom. The van der Waals surface area contributed by atoms with Crippen LogP contribution in [0.1, 0.15) is 11.1 Å². The van der Waals surface area contributed by atoms with Crippen LogP contribution in [0.25, 0.3) is 0 Å². The van der Waals surface area contributed by atoms with Crippen molar-refractivity contribution in [3.8, 4) is 34.5 Å². The summed E-state index contributed by atoms with van der Waals surface area (Å²) < 4.78 is 32.4. The lowest BCUT2D eigenvalue weighted by Gasteiger charge is -2.34. The molecular formula is C44H66Cl5IN4O6. The first kappa shape index (κ1) is 59.8. The molecule has 1 fully saturated rings. The average molecular weight is 1050 g/mol. The van der Waals surface area contributed by atoms with Crippen molar-refractivity contribution in [2.45, 2.75) is 12.8 Å². The quantitative estimate of drug-likeness (QED) is 0.0645. The van der Waals surface area contributed by atoms with Crippen molar-refractivity contribution >= 4 is 84.4 Å². The van der Waals surface area contributed by atoms with Crippen LogP contribution in [0, 0.1) is 0 Å². The van der Waals surface area contributed by atoms with Crippen LogP contribution in [0.3, 0.4) is 0 Å². The third-order valence-corrected chi connectivity index (χ3v) is 9.49. The van der Waals surface area contributed by atoms with Gasteiger partial charge in [-0.15, -0.1) is 84.4 Å².